The standard InChI is InChI=1S/C16H10BrN3O/c17-11-5-7-12(8-6-11)20-16(21)15-14(19-20)13-4-2-1-3-10(13)9-18-15/h1-9,21H. The summed E-state index contributed by atoms with van der Waals surface area (Å²) in [5, 5.41) is 16.9. The van der Waals surface area contributed by atoms with E-state index in [2.05, 4.69) is 26.0 Å². The van der Waals surface area contributed by atoms with Crippen molar-refractivity contribution < 1.29 is 5.11 Å². The molecule has 0 unspecified atom stereocenters. The van der Waals surface area contributed by atoms with Crippen LogP contribution in [-0.4, -0.2) is 19.9 Å². The Balaban J connectivity index is 2.05. The van der Waals surface area contributed by atoms with Gasteiger partial charge in [0, 0.05) is 21.4 Å². The smallest absolute Gasteiger partial charge is 0.241 e. The third-order valence-electron chi connectivity index (χ3n) is 3.46. The lowest BCUT2D eigenvalue weighted by molar-refractivity contribution is 0.437. The van der Waals surface area contributed by atoms with E-state index in [-0.39, 0.29) is 5.88 Å². The van der Waals surface area contributed by atoms with Crippen LogP contribution < -0.4 is 0 Å². The molecule has 0 fully saturated rings. The number of benzene rings is 2. The summed E-state index contributed by atoms with van der Waals surface area (Å²) in [6.45, 7) is 0. The summed E-state index contributed by atoms with van der Waals surface area (Å²) in [4.78, 5) is 4.33. The first-order valence-corrected chi connectivity index (χ1v) is 7.25. The summed E-state index contributed by atoms with van der Waals surface area (Å²) in [5.74, 6) is 0.0538. The molecule has 4 nitrogen and oxygen atoms in total. The molecule has 1 N–H and O–H groups in total. The zero-order valence-corrected chi connectivity index (χ0v) is 12.4. The molecule has 0 saturated carbocycles. The number of halogens is 1. The topological polar surface area (TPSA) is 50.9 Å². The molecule has 0 atom stereocenters. The lowest BCUT2D eigenvalue weighted by Crippen LogP contribution is -1.94. The van der Waals surface area contributed by atoms with Crippen molar-refractivity contribution in [2.24, 2.45) is 0 Å². The maximum absolute atomic E-state index is 10.4. The Bertz CT molecular complexity index is 961. The molecule has 102 valence electrons. The van der Waals surface area contributed by atoms with E-state index in [1.54, 1.807) is 6.20 Å². The Morgan fingerprint density at radius 1 is 0.952 bits per heavy atom. The molecule has 21 heavy (non-hydrogen) atoms. The highest BCUT2D eigenvalue weighted by molar-refractivity contribution is 9.10. The number of fused-ring (bicyclic) bond motifs is 3. The summed E-state index contributed by atoms with van der Waals surface area (Å²) < 4.78 is 2.49. The van der Waals surface area contributed by atoms with Gasteiger partial charge in [-0.15, -0.1) is 0 Å². The van der Waals surface area contributed by atoms with Crippen molar-refractivity contribution in [2.75, 3.05) is 0 Å². The molecule has 4 rings (SSSR count). The molecule has 0 radical (unpaired) electrons. The van der Waals surface area contributed by atoms with Gasteiger partial charge in [-0.1, -0.05) is 40.2 Å². The average molecular weight is 340 g/mol. The van der Waals surface area contributed by atoms with Crippen LogP contribution in [0.4, 0.5) is 0 Å². The van der Waals surface area contributed by atoms with Gasteiger partial charge < -0.3 is 5.11 Å². The van der Waals surface area contributed by atoms with Gasteiger partial charge in [-0.05, 0) is 24.3 Å². The molecule has 2 aromatic heterocycles. The molecule has 0 saturated heterocycles. The fraction of sp³-hybridized carbons (Fsp3) is 0. The van der Waals surface area contributed by atoms with Gasteiger partial charge in [0.1, 0.15) is 5.52 Å². The molecule has 0 aliphatic rings. The molecule has 0 spiro atoms. The predicted molar refractivity (Wildman–Crippen MR) is 85.7 cm³/mol. The van der Waals surface area contributed by atoms with Gasteiger partial charge >= 0.3 is 0 Å². The second-order valence-electron chi connectivity index (χ2n) is 4.75. The van der Waals surface area contributed by atoms with E-state index >= 15 is 0 Å². The summed E-state index contributed by atoms with van der Waals surface area (Å²) in [5.41, 5.74) is 2.00. The second-order valence-corrected chi connectivity index (χ2v) is 5.67. The van der Waals surface area contributed by atoms with Crippen LogP contribution in [0.2, 0.25) is 0 Å². The predicted octanol–water partition coefficient (Wildman–Crippen LogP) is 4.04. The molecule has 0 aliphatic heterocycles. The van der Waals surface area contributed by atoms with Crippen LogP contribution in [-0.2, 0) is 0 Å². The highest BCUT2D eigenvalue weighted by atomic mass is 79.9. The quantitative estimate of drug-likeness (QED) is 0.569. The van der Waals surface area contributed by atoms with E-state index in [1.165, 1.54) is 4.68 Å². The molecule has 0 aliphatic carbocycles. The van der Waals surface area contributed by atoms with Crippen molar-refractivity contribution in [2.45, 2.75) is 0 Å². The van der Waals surface area contributed by atoms with Gasteiger partial charge in [0.15, 0.2) is 5.52 Å². The number of nitrogens with zero attached hydrogens (tertiary/aromatic N) is 3. The van der Waals surface area contributed by atoms with Gasteiger partial charge in [0.25, 0.3) is 0 Å². The Morgan fingerprint density at radius 3 is 2.52 bits per heavy atom. The molecule has 0 bridgehead atoms. The Hall–Kier alpha value is -2.40. The van der Waals surface area contributed by atoms with Gasteiger partial charge in [-0.2, -0.15) is 9.78 Å². The fourth-order valence-corrected chi connectivity index (χ4v) is 2.69. The van der Waals surface area contributed by atoms with E-state index in [4.69, 9.17) is 0 Å². The van der Waals surface area contributed by atoms with Gasteiger partial charge in [-0.3, -0.25) is 0 Å². The number of rotatable bonds is 1. The normalized spacial score (nSPS) is 11.3. The van der Waals surface area contributed by atoms with Crippen LogP contribution in [0, 0.1) is 0 Å². The lowest BCUT2D eigenvalue weighted by atomic mass is 10.1. The average Bonchev–Trinajstić information content (AvgIpc) is 2.86. The van der Waals surface area contributed by atoms with Gasteiger partial charge in [0.2, 0.25) is 5.88 Å². The van der Waals surface area contributed by atoms with E-state index in [0.29, 0.717) is 11.0 Å². The maximum atomic E-state index is 10.4. The van der Waals surface area contributed by atoms with Crippen LogP contribution in [0.15, 0.2) is 59.2 Å². The molecule has 0 amide bonds. The third kappa shape index (κ3) is 1.89. The summed E-state index contributed by atoms with van der Waals surface area (Å²) >= 11 is 3.40. The minimum Gasteiger partial charge on any atom is -0.492 e. The summed E-state index contributed by atoms with van der Waals surface area (Å²) in [7, 11) is 0. The number of pyridine rings is 1. The van der Waals surface area contributed by atoms with Crippen molar-refractivity contribution in [3.05, 3.63) is 59.2 Å². The van der Waals surface area contributed by atoms with E-state index < -0.39 is 0 Å². The summed E-state index contributed by atoms with van der Waals surface area (Å²) in [6, 6.07) is 15.5. The monoisotopic (exact) mass is 339 g/mol. The van der Waals surface area contributed by atoms with E-state index in [0.717, 1.165) is 20.9 Å². The lowest BCUT2D eigenvalue weighted by Gasteiger charge is -2.02. The largest absolute Gasteiger partial charge is 0.492 e. The first kappa shape index (κ1) is 12.3. The van der Waals surface area contributed by atoms with Crippen molar-refractivity contribution in [1.29, 1.82) is 0 Å². The zero-order valence-electron chi connectivity index (χ0n) is 10.9. The third-order valence-corrected chi connectivity index (χ3v) is 3.99. The first-order chi connectivity index (χ1) is 10.2. The zero-order chi connectivity index (χ0) is 14.4. The van der Waals surface area contributed by atoms with E-state index in [9.17, 15) is 5.11 Å². The molecule has 4 aromatic rings. The molecular weight excluding hydrogens is 330 g/mol. The molecule has 2 heterocycles. The van der Waals surface area contributed by atoms with Crippen LogP contribution >= 0.6 is 15.9 Å². The van der Waals surface area contributed by atoms with Crippen LogP contribution in [0.5, 0.6) is 5.88 Å². The molecule has 5 heteroatoms. The first-order valence-electron chi connectivity index (χ1n) is 6.45. The number of hydrogen-bond acceptors (Lipinski definition) is 3. The summed E-state index contributed by atoms with van der Waals surface area (Å²) in [6.07, 6.45) is 1.75. The molecular formula is C16H10BrN3O. The number of aromatic nitrogens is 3. The Labute approximate surface area is 128 Å². The number of hydrogen-bond donors (Lipinski definition) is 1. The van der Waals surface area contributed by atoms with Crippen molar-refractivity contribution in [3.8, 4) is 11.6 Å². The minimum atomic E-state index is 0.0538. The second kappa shape index (κ2) is 4.56. The minimum absolute atomic E-state index is 0.0538. The maximum Gasteiger partial charge on any atom is 0.241 e. The van der Waals surface area contributed by atoms with Crippen molar-refractivity contribution >= 4 is 37.7 Å². The Kier molecular flexibility index (Phi) is 2.68. The van der Waals surface area contributed by atoms with Gasteiger partial charge in [-0.25, -0.2) is 4.98 Å². The highest BCUT2D eigenvalue weighted by Crippen LogP contribution is 2.30. The molecule has 2 aromatic carbocycles. The van der Waals surface area contributed by atoms with Crippen LogP contribution in [0.1, 0.15) is 0 Å². The van der Waals surface area contributed by atoms with E-state index in [1.807, 2.05) is 48.5 Å². The highest BCUT2D eigenvalue weighted by Gasteiger charge is 2.15. The van der Waals surface area contributed by atoms with Crippen molar-refractivity contribution in [3.63, 3.8) is 0 Å². The van der Waals surface area contributed by atoms with Crippen molar-refractivity contribution in [1.82, 2.24) is 14.8 Å². The fourth-order valence-electron chi connectivity index (χ4n) is 2.42. The van der Waals surface area contributed by atoms with Gasteiger partial charge in [0.05, 0.1) is 5.69 Å². The van der Waals surface area contributed by atoms with Crippen LogP contribution in [0.3, 0.4) is 0 Å². The SMILES string of the molecule is Oc1c2ncc3ccccc3c2nn1-c1ccc(Br)cc1. The number of aromatic hydroxyl groups is 1. The van der Waals surface area contributed by atoms with Crippen LogP contribution in [0.25, 0.3) is 27.5 Å². The Morgan fingerprint density at radius 2 is 1.71 bits per heavy atom.